The monoisotopic (exact) mass is 252 g/mol. The van der Waals surface area contributed by atoms with Crippen molar-refractivity contribution in [3.63, 3.8) is 0 Å². The number of halogens is 3. The third-order valence-electron chi connectivity index (χ3n) is 1.94. The Morgan fingerprint density at radius 1 is 1.00 bits per heavy atom. The maximum absolute atomic E-state index is 8.64. The Morgan fingerprint density at radius 2 is 1.57 bits per heavy atom. The molecule has 1 aromatic carbocycles. The van der Waals surface area contributed by atoms with Crippen LogP contribution in [0.25, 0.3) is 0 Å². The zero-order valence-electron chi connectivity index (χ0n) is 7.56. The fraction of sp³-hybridized carbons (Fsp3) is 0.400. The van der Waals surface area contributed by atoms with Gasteiger partial charge >= 0.3 is 0 Å². The van der Waals surface area contributed by atoms with E-state index in [0.717, 1.165) is 24.8 Å². The van der Waals surface area contributed by atoms with Crippen LogP contribution in [0.3, 0.4) is 0 Å². The molecule has 0 saturated carbocycles. The summed E-state index contributed by atoms with van der Waals surface area (Å²) in [5.74, 6) is 0. The minimum absolute atomic E-state index is 0.197. The quantitative estimate of drug-likeness (QED) is 0.805. The predicted octanol–water partition coefficient (Wildman–Crippen LogP) is 3.96. The van der Waals surface area contributed by atoms with E-state index < -0.39 is 0 Å². The number of benzene rings is 1. The average molecular weight is 254 g/mol. The summed E-state index contributed by atoms with van der Waals surface area (Å²) >= 11 is 17.7. The summed E-state index contributed by atoms with van der Waals surface area (Å²) < 4.78 is 0. The molecule has 0 unspecified atom stereocenters. The Labute approximate surface area is 98.6 Å². The van der Waals surface area contributed by atoms with Crippen LogP contribution in [0.5, 0.6) is 0 Å². The molecular formula is C10H11Cl3O. The molecule has 14 heavy (non-hydrogen) atoms. The number of rotatable bonds is 4. The van der Waals surface area contributed by atoms with E-state index in [4.69, 9.17) is 39.9 Å². The molecule has 0 fully saturated rings. The highest BCUT2D eigenvalue weighted by atomic mass is 35.5. The number of hydrogen-bond donors (Lipinski definition) is 1. The van der Waals surface area contributed by atoms with Gasteiger partial charge in [0.15, 0.2) is 0 Å². The standard InChI is InChI=1S/C10H11Cl3O/c11-7-5-9(12)8(10(13)6-7)3-1-2-4-14/h5-6,14H,1-4H2. The Bertz CT molecular complexity index is 289. The lowest BCUT2D eigenvalue weighted by Gasteiger charge is -2.06. The van der Waals surface area contributed by atoms with Crippen molar-refractivity contribution in [2.45, 2.75) is 19.3 Å². The van der Waals surface area contributed by atoms with Gasteiger partial charge in [-0.2, -0.15) is 0 Å². The minimum atomic E-state index is 0.197. The molecule has 78 valence electrons. The van der Waals surface area contributed by atoms with E-state index in [-0.39, 0.29) is 6.61 Å². The maximum Gasteiger partial charge on any atom is 0.0467 e. The van der Waals surface area contributed by atoms with Gasteiger partial charge in [0.05, 0.1) is 0 Å². The lowest BCUT2D eigenvalue weighted by Crippen LogP contribution is -1.91. The highest BCUT2D eigenvalue weighted by molar-refractivity contribution is 6.39. The van der Waals surface area contributed by atoms with Gasteiger partial charge in [-0.1, -0.05) is 34.8 Å². The zero-order chi connectivity index (χ0) is 10.6. The molecule has 4 heteroatoms. The molecule has 0 bridgehead atoms. The SMILES string of the molecule is OCCCCc1c(Cl)cc(Cl)cc1Cl. The Morgan fingerprint density at radius 3 is 2.07 bits per heavy atom. The third-order valence-corrected chi connectivity index (χ3v) is 2.83. The summed E-state index contributed by atoms with van der Waals surface area (Å²) in [4.78, 5) is 0. The number of aliphatic hydroxyl groups is 1. The van der Waals surface area contributed by atoms with Crippen LogP contribution < -0.4 is 0 Å². The summed E-state index contributed by atoms with van der Waals surface area (Å²) in [5, 5.41) is 10.4. The van der Waals surface area contributed by atoms with Crippen LogP contribution in [0.15, 0.2) is 12.1 Å². The summed E-state index contributed by atoms with van der Waals surface area (Å²) in [5.41, 5.74) is 0.909. The molecule has 0 atom stereocenters. The molecule has 0 aliphatic rings. The van der Waals surface area contributed by atoms with Crippen molar-refractivity contribution in [3.05, 3.63) is 32.8 Å². The van der Waals surface area contributed by atoms with E-state index in [1.54, 1.807) is 12.1 Å². The van der Waals surface area contributed by atoms with E-state index >= 15 is 0 Å². The van der Waals surface area contributed by atoms with Crippen molar-refractivity contribution in [2.24, 2.45) is 0 Å². The highest BCUT2D eigenvalue weighted by Gasteiger charge is 2.06. The lowest BCUT2D eigenvalue weighted by atomic mass is 10.1. The van der Waals surface area contributed by atoms with E-state index in [9.17, 15) is 0 Å². The molecule has 1 nitrogen and oxygen atoms in total. The van der Waals surface area contributed by atoms with E-state index in [0.29, 0.717) is 15.1 Å². The van der Waals surface area contributed by atoms with Gasteiger partial charge in [0.25, 0.3) is 0 Å². The molecule has 0 amide bonds. The van der Waals surface area contributed by atoms with E-state index in [1.165, 1.54) is 0 Å². The van der Waals surface area contributed by atoms with Gasteiger partial charge in [0, 0.05) is 21.7 Å². The molecule has 0 aliphatic carbocycles. The van der Waals surface area contributed by atoms with Gasteiger partial charge in [-0.05, 0) is 37.0 Å². The van der Waals surface area contributed by atoms with Gasteiger partial charge in [0.1, 0.15) is 0 Å². The maximum atomic E-state index is 8.64. The summed E-state index contributed by atoms with van der Waals surface area (Å²) in [7, 11) is 0. The van der Waals surface area contributed by atoms with Crippen LogP contribution in [0.4, 0.5) is 0 Å². The Kier molecular flexibility index (Phi) is 5.04. The first-order valence-electron chi connectivity index (χ1n) is 4.39. The molecular weight excluding hydrogens is 242 g/mol. The van der Waals surface area contributed by atoms with E-state index in [2.05, 4.69) is 0 Å². The normalized spacial score (nSPS) is 10.6. The van der Waals surface area contributed by atoms with Crippen LogP contribution in [0.1, 0.15) is 18.4 Å². The smallest absolute Gasteiger partial charge is 0.0467 e. The van der Waals surface area contributed by atoms with Crippen molar-refractivity contribution >= 4 is 34.8 Å². The second kappa shape index (κ2) is 5.82. The van der Waals surface area contributed by atoms with Gasteiger partial charge in [-0.15, -0.1) is 0 Å². The number of hydrogen-bond acceptors (Lipinski definition) is 1. The first-order chi connectivity index (χ1) is 6.65. The van der Waals surface area contributed by atoms with Gasteiger partial charge in [-0.25, -0.2) is 0 Å². The first kappa shape index (κ1) is 12.1. The summed E-state index contributed by atoms with van der Waals surface area (Å²) in [6.45, 7) is 0.197. The minimum Gasteiger partial charge on any atom is -0.396 e. The zero-order valence-corrected chi connectivity index (χ0v) is 9.83. The number of unbranched alkanes of at least 4 members (excludes halogenated alkanes) is 1. The molecule has 0 heterocycles. The highest BCUT2D eigenvalue weighted by Crippen LogP contribution is 2.30. The second-order valence-corrected chi connectivity index (χ2v) is 4.28. The molecule has 0 aliphatic heterocycles. The van der Waals surface area contributed by atoms with Crippen molar-refractivity contribution in [3.8, 4) is 0 Å². The van der Waals surface area contributed by atoms with Crippen LogP contribution in [0, 0.1) is 0 Å². The van der Waals surface area contributed by atoms with Gasteiger partial charge in [-0.3, -0.25) is 0 Å². The van der Waals surface area contributed by atoms with Crippen molar-refractivity contribution in [2.75, 3.05) is 6.61 Å². The topological polar surface area (TPSA) is 20.2 Å². The summed E-state index contributed by atoms with van der Waals surface area (Å²) in [6.07, 6.45) is 2.41. The van der Waals surface area contributed by atoms with Gasteiger partial charge in [0.2, 0.25) is 0 Å². The van der Waals surface area contributed by atoms with Gasteiger partial charge < -0.3 is 5.11 Å². The molecule has 0 saturated heterocycles. The first-order valence-corrected chi connectivity index (χ1v) is 5.53. The summed E-state index contributed by atoms with van der Waals surface area (Å²) in [6, 6.07) is 3.37. The molecule has 1 N–H and O–H groups in total. The fourth-order valence-electron chi connectivity index (χ4n) is 1.22. The van der Waals surface area contributed by atoms with Crippen molar-refractivity contribution < 1.29 is 5.11 Å². The van der Waals surface area contributed by atoms with Crippen LogP contribution >= 0.6 is 34.8 Å². The Balaban J connectivity index is 2.75. The van der Waals surface area contributed by atoms with E-state index in [1.807, 2.05) is 0 Å². The number of aliphatic hydroxyl groups excluding tert-OH is 1. The van der Waals surface area contributed by atoms with Crippen LogP contribution in [-0.4, -0.2) is 11.7 Å². The lowest BCUT2D eigenvalue weighted by molar-refractivity contribution is 0.284. The second-order valence-electron chi connectivity index (χ2n) is 3.03. The average Bonchev–Trinajstić information content (AvgIpc) is 2.09. The largest absolute Gasteiger partial charge is 0.396 e. The van der Waals surface area contributed by atoms with Crippen LogP contribution in [-0.2, 0) is 6.42 Å². The van der Waals surface area contributed by atoms with Crippen molar-refractivity contribution in [1.82, 2.24) is 0 Å². The molecule has 1 rings (SSSR count). The fourth-order valence-corrected chi connectivity index (χ4v) is 2.23. The third kappa shape index (κ3) is 3.32. The predicted molar refractivity (Wildman–Crippen MR) is 61.5 cm³/mol. The molecule has 1 aromatic rings. The molecule has 0 aromatic heterocycles. The molecule has 0 radical (unpaired) electrons. The molecule has 0 spiro atoms. The van der Waals surface area contributed by atoms with Crippen molar-refractivity contribution in [1.29, 1.82) is 0 Å². The van der Waals surface area contributed by atoms with Crippen LogP contribution in [0.2, 0.25) is 15.1 Å². The Hall–Kier alpha value is 0.0500.